The maximum atomic E-state index is 12.9. The number of carbonyl (C=O) groups is 2. The molecule has 2 aliphatic heterocycles. The standard InChI is InChI=1S/C23H34ClN3O3/c1-23(2,27-11-5-4-6-12-27)16-25-21(28)17-9-13-26(14-10-17)22(29)19-15-18(24)7-8-20(19)30-3/h7-8,15,17H,4-6,9-14,16H2,1-3H3,(H,25,28). The molecule has 0 saturated carbocycles. The predicted octanol–water partition coefficient (Wildman–Crippen LogP) is 3.58. The zero-order valence-corrected chi connectivity index (χ0v) is 19.1. The second-order valence-electron chi connectivity index (χ2n) is 8.99. The van der Waals surface area contributed by atoms with Crippen LogP contribution in [0.5, 0.6) is 5.75 Å². The van der Waals surface area contributed by atoms with E-state index in [1.165, 1.54) is 19.3 Å². The van der Waals surface area contributed by atoms with Crippen molar-refractivity contribution in [2.75, 3.05) is 39.8 Å². The van der Waals surface area contributed by atoms with Crippen molar-refractivity contribution < 1.29 is 14.3 Å². The van der Waals surface area contributed by atoms with Crippen LogP contribution in [0.1, 0.15) is 56.3 Å². The molecule has 2 fully saturated rings. The Morgan fingerprint density at radius 3 is 2.43 bits per heavy atom. The van der Waals surface area contributed by atoms with Crippen LogP contribution in [0.4, 0.5) is 0 Å². The third kappa shape index (κ3) is 5.46. The van der Waals surface area contributed by atoms with E-state index in [1.54, 1.807) is 30.2 Å². The summed E-state index contributed by atoms with van der Waals surface area (Å²) in [5, 5.41) is 3.67. The fraction of sp³-hybridized carbons (Fsp3) is 0.652. The predicted molar refractivity (Wildman–Crippen MR) is 119 cm³/mol. The van der Waals surface area contributed by atoms with E-state index in [-0.39, 0.29) is 23.3 Å². The molecule has 0 unspecified atom stereocenters. The first kappa shape index (κ1) is 22.9. The maximum Gasteiger partial charge on any atom is 0.257 e. The van der Waals surface area contributed by atoms with Gasteiger partial charge in [-0.1, -0.05) is 18.0 Å². The fourth-order valence-electron chi connectivity index (χ4n) is 4.42. The summed E-state index contributed by atoms with van der Waals surface area (Å²) in [6.45, 7) is 8.40. The topological polar surface area (TPSA) is 61.9 Å². The first-order valence-corrected chi connectivity index (χ1v) is 11.4. The van der Waals surface area contributed by atoms with Gasteiger partial charge in [-0.3, -0.25) is 14.5 Å². The molecule has 1 aromatic rings. The number of benzene rings is 1. The first-order chi connectivity index (χ1) is 14.3. The van der Waals surface area contributed by atoms with Crippen LogP contribution in [-0.2, 0) is 4.79 Å². The molecule has 30 heavy (non-hydrogen) atoms. The molecule has 1 N–H and O–H groups in total. The third-order valence-corrected chi connectivity index (χ3v) is 6.69. The van der Waals surface area contributed by atoms with Gasteiger partial charge in [-0.25, -0.2) is 0 Å². The number of carbonyl (C=O) groups excluding carboxylic acids is 2. The number of likely N-dealkylation sites (tertiary alicyclic amines) is 2. The van der Waals surface area contributed by atoms with Crippen molar-refractivity contribution in [2.45, 2.75) is 51.5 Å². The molecule has 166 valence electrons. The zero-order valence-electron chi connectivity index (χ0n) is 18.4. The Hall–Kier alpha value is -1.79. The van der Waals surface area contributed by atoms with Gasteiger partial charge in [0, 0.05) is 36.1 Å². The average molecular weight is 436 g/mol. The lowest BCUT2D eigenvalue weighted by atomic mass is 9.94. The van der Waals surface area contributed by atoms with Crippen LogP contribution in [0.3, 0.4) is 0 Å². The van der Waals surface area contributed by atoms with E-state index in [4.69, 9.17) is 16.3 Å². The summed E-state index contributed by atoms with van der Waals surface area (Å²) in [7, 11) is 1.54. The van der Waals surface area contributed by atoms with Gasteiger partial charge in [0.05, 0.1) is 12.7 Å². The highest BCUT2D eigenvalue weighted by molar-refractivity contribution is 6.31. The van der Waals surface area contributed by atoms with Gasteiger partial charge in [-0.05, 0) is 70.8 Å². The Morgan fingerprint density at radius 2 is 1.80 bits per heavy atom. The Bertz CT molecular complexity index is 754. The van der Waals surface area contributed by atoms with E-state index in [1.807, 2.05) is 0 Å². The van der Waals surface area contributed by atoms with Gasteiger partial charge in [-0.2, -0.15) is 0 Å². The second kappa shape index (κ2) is 10.0. The lowest BCUT2D eigenvalue weighted by molar-refractivity contribution is -0.126. The summed E-state index contributed by atoms with van der Waals surface area (Å²) >= 11 is 6.07. The quantitative estimate of drug-likeness (QED) is 0.741. The van der Waals surface area contributed by atoms with Crippen LogP contribution in [0.25, 0.3) is 0 Å². The highest BCUT2D eigenvalue weighted by Crippen LogP contribution is 2.27. The van der Waals surface area contributed by atoms with Gasteiger partial charge in [0.1, 0.15) is 5.75 Å². The number of ether oxygens (including phenoxy) is 1. The van der Waals surface area contributed by atoms with Crippen LogP contribution < -0.4 is 10.1 Å². The molecular weight excluding hydrogens is 402 g/mol. The molecule has 0 radical (unpaired) electrons. The number of nitrogens with one attached hydrogen (secondary N) is 1. The van der Waals surface area contributed by atoms with Gasteiger partial charge in [0.15, 0.2) is 0 Å². The molecule has 0 bridgehead atoms. The van der Waals surface area contributed by atoms with E-state index in [0.717, 1.165) is 13.1 Å². The first-order valence-electron chi connectivity index (χ1n) is 11.0. The number of hydrogen-bond donors (Lipinski definition) is 1. The van der Waals surface area contributed by atoms with Crippen LogP contribution in [-0.4, -0.2) is 67.0 Å². The minimum Gasteiger partial charge on any atom is -0.496 e. The summed E-state index contributed by atoms with van der Waals surface area (Å²) in [5.41, 5.74) is 0.437. The number of hydrogen-bond acceptors (Lipinski definition) is 4. The summed E-state index contributed by atoms with van der Waals surface area (Å²) in [6.07, 6.45) is 5.12. The Kier molecular flexibility index (Phi) is 7.64. The SMILES string of the molecule is COc1ccc(Cl)cc1C(=O)N1CCC(C(=O)NCC(C)(C)N2CCCCC2)CC1. The number of methoxy groups -OCH3 is 1. The highest BCUT2D eigenvalue weighted by atomic mass is 35.5. The smallest absolute Gasteiger partial charge is 0.257 e. The van der Waals surface area contributed by atoms with Crippen molar-refractivity contribution >= 4 is 23.4 Å². The van der Waals surface area contributed by atoms with Crippen molar-refractivity contribution in [1.29, 1.82) is 0 Å². The number of rotatable bonds is 6. The van der Waals surface area contributed by atoms with E-state index < -0.39 is 0 Å². The zero-order chi connectivity index (χ0) is 21.7. The van der Waals surface area contributed by atoms with Crippen molar-refractivity contribution in [3.63, 3.8) is 0 Å². The molecule has 0 aromatic heterocycles. The lowest BCUT2D eigenvalue weighted by Crippen LogP contribution is -2.54. The number of nitrogens with zero attached hydrogens (tertiary/aromatic N) is 2. The molecule has 7 heteroatoms. The minimum absolute atomic E-state index is 0.0319. The maximum absolute atomic E-state index is 12.9. The fourth-order valence-corrected chi connectivity index (χ4v) is 4.59. The summed E-state index contributed by atoms with van der Waals surface area (Å²) in [5.74, 6) is 0.476. The summed E-state index contributed by atoms with van der Waals surface area (Å²) in [6, 6.07) is 5.06. The second-order valence-corrected chi connectivity index (χ2v) is 9.43. The molecule has 0 spiro atoms. The van der Waals surface area contributed by atoms with Crippen LogP contribution >= 0.6 is 11.6 Å². The number of piperidine rings is 2. The minimum atomic E-state index is -0.0977. The largest absolute Gasteiger partial charge is 0.496 e. The molecular formula is C23H34ClN3O3. The highest BCUT2D eigenvalue weighted by Gasteiger charge is 2.32. The van der Waals surface area contributed by atoms with Gasteiger partial charge in [0.2, 0.25) is 5.91 Å². The molecule has 0 atom stereocenters. The molecule has 2 amide bonds. The number of amides is 2. The van der Waals surface area contributed by atoms with E-state index in [9.17, 15) is 9.59 Å². The van der Waals surface area contributed by atoms with Crippen molar-refractivity contribution in [3.05, 3.63) is 28.8 Å². The van der Waals surface area contributed by atoms with Crippen molar-refractivity contribution in [2.24, 2.45) is 5.92 Å². The Morgan fingerprint density at radius 1 is 1.13 bits per heavy atom. The van der Waals surface area contributed by atoms with Crippen LogP contribution in [0, 0.1) is 5.92 Å². The van der Waals surface area contributed by atoms with Crippen LogP contribution in [0.15, 0.2) is 18.2 Å². The molecule has 2 heterocycles. The number of halogens is 1. The van der Waals surface area contributed by atoms with Crippen molar-refractivity contribution in [3.8, 4) is 5.75 Å². The molecule has 0 aliphatic carbocycles. The third-order valence-electron chi connectivity index (χ3n) is 6.45. The van der Waals surface area contributed by atoms with Gasteiger partial charge in [0.25, 0.3) is 5.91 Å². The van der Waals surface area contributed by atoms with Crippen molar-refractivity contribution in [1.82, 2.24) is 15.1 Å². The average Bonchev–Trinajstić information content (AvgIpc) is 2.77. The van der Waals surface area contributed by atoms with Gasteiger partial charge >= 0.3 is 0 Å². The van der Waals surface area contributed by atoms with Crippen LogP contribution in [0.2, 0.25) is 5.02 Å². The molecule has 3 rings (SSSR count). The van der Waals surface area contributed by atoms with E-state index >= 15 is 0 Å². The summed E-state index contributed by atoms with van der Waals surface area (Å²) in [4.78, 5) is 29.9. The molecule has 2 saturated heterocycles. The van der Waals surface area contributed by atoms with Gasteiger partial charge < -0.3 is 15.0 Å². The normalized spacial score (nSPS) is 18.9. The molecule has 6 nitrogen and oxygen atoms in total. The van der Waals surface area contributed by atoms with E-state index in [0.29, 0.717) is 48.8 Å². The van der Waals surface area contributed by atoms with Gasteiger partial charge in [-0.15, -0.1) is 0 Å². The monoisotopic (exact) mass is 435 g/mol. The Balaban J connectivity index is 1.50. The molecule has 1 aromatic carbocycles. The summed E-state index contributed by atoms with van der Waals surface area (Å²) < 4.78 is 5.31. The molecule has 2 aliphatic rings. The Labute approximate surface area is 184 Å². The lowest BCUT2D eigenvalue weighted by Gasteiger charge is -2.41. The van der Waals surface area contributed by atoms with E-state index in [2.05, 4.69) is 24.1 Å².